The average Bonchev–Trinajstić information content (AvgIpc) is 3.12. The number of nitrogens with one attached hydrogen (secondary N) is 2. The molecular weight excluding hydrogens is 371 g/mol. The molecule has 0 bridgehead atoms. The van der Waals surface area contributed by atoms with Gasteiger partial charge in [-0.2, -0.15) is 0 Å². The van der Waals surface area contributed by atoms with E-state index in [4.69, 9.17) is 9.26 Å². The Morgan fingerprint density at radius 2 is 2.08 bits per heavy atom. The standard InChI is InChI=1S/C13H17N4O8P/c1-6-14-4-9(15-6)26(22,23)24-5-7-10(19)11(20)12(25-7)17-3-2-8(18)16-13(17)21/h2-4,7,10-12,19-20H,5H2,1H3,(H,14,15)(H,22,23)(H,16,18,21)/t7-,10-,11-,12-/m1/s1. The molecule has 0 saturated carbocycles. The van der Waals surface area contributed by atoms with Gasteiger partial charge in [0.2, 0.25) is 0 Å². The van der Waals surface area contributed by atoms with Crippen molar-refractivity contribution in [3.8, 4) is 0 Å². The molecule has 13 heteroatoms. The smallest absolute Gasteiger partial charge is 0.376 e. The topological polar surface area (TPSA) is 180 Å². The molecule has 0 aromatic carbocycles. The number of aliphatic hydroxyl groups is 2. The highest BCUT2D eigenvalue weighted by Crippen LogP contribution is 2.41. The number of rotatable bonds is 5. The van der Waals surface area contributed by atoms with Gasteiger partial charge in [-0.15, -0.1) is 0 Å². The molecule has 0 radical (unpaired) electrons. The Morgan fingerprint density at radius 1 is 1.35 bits per heavy atom. The third-order valence-electron chi connectivity index (χ3n) is 3.87. The van der Waals surface area contributed by atoms with E-state index < -0.39 is 50.0 Å². The largest absolute Gasteiger partial charge is 0.387 e. The zero-order valence-electron chi connectivity index (χ0n) is 13.5. The summed E-state index contributed by atoms with van der Waals surface area (Å²) in [5, 5.41) is 20.2. The summed E-state index contributed by atoms with van der Waals surface area (Å²) in [6, 6.07) is 1.05. The van der Waals surface area contributed by atoms with Crippen molar-refractivity contribution < 1.29 is 28.9 Å². The van der Waals surface area contributed by atoms with E-state index in [2.05, 4.69) is 9.97 Å². The van der Waals surface area contributed by atoms with Gasteiger partial charge in [0.25, 0.3) is 5.56 Å². The molecule has 5 atom stereocenters. The van der Waals surface area contributed by atoms with Crippen molar-refractivity contribution in [3.63, 3.8) is 0 Å². The first-order valence-corrected chi connectivity index (χ1v) is 9.09. The normalized spacial score (nSPS) is 28.2. The lowest BCUT2D eigenvalue weighted by atomic mass is 10.1. The number of imidazole rings is 1. The molecular formula is C13H17N4O8P. The van der Waals surface area contributed by atoms with Gasteiger partial charge >= 0.3 is 13.3 Å². The van der Waals surface area contributed by atoms with E-state index in [-0.39, 0.29) is 5.44 Å². The van der Waals surface area contributed by atoms with Crippen LogP contribution in [0.4, 0.5) is 0 Å². The minimum atomic E-state index is -4.24. The van der Waals surface area contributed by atoms with Crippen LogP contribution in [-0.2, 0) is 13.8 Å². The number of H-pyrrole nitrogens is 2. The highest BCUT2D eigenvalue weighted by Gasteiger charge is 2.45. The first-order chi connectivity index (χ1) is 12.2. The van der Waals surface area contributed by atoms with Crippen LogP contribution in [0, 0.1) is 6.92 Å². The van der Waals surface area contributed by atoms with Gasteiger partial charge in [0.15, 0.2) is 6.23 Å². The fourth-order valence-corrected chi connectivity index (χ4v) is 3.51. The van der Waals surface area contributed by atoms with E-state index >= 15 is 0 Å². The summed E-state index contributed by atoms with van der Waals surface area (Å²) in [6.45, 7) is 1.06. The van der Waals surface area contributed by atoms with Crippen LogP contribution in [0.15, 0.2) is 28.0 Å². The minimum absolute atomic E-state index is 0.128. The molecule has 142 valence electrons. The van der Waals surface area contributed by atoms with E-state index in [1.807, 2.05) is 4.98 Å². The molecule has 0 aliphatic carbocycles. The first-order valence-electron chi connectivity index (χ1n) is 7.51. The minimum Gasteiger partial charge on any atom is -0.387 e. The van der Waals surface area contributed by atoms with Crippen LogP contribution >= 0.6 is 7.60 Å². The number of ether oxygens (including phenoxy) is 1. The van der Waals surface area contributed by atoms with Crippen molar-refractivity contribution in [3.05, 3.63) is 45.1 Å². The van der Waals surface area contributed by atoms with Crippen molar-refractivity contribution >= 4 is 13.0 Å². The number of hydrogen-bond donors (Lipinski definition) is 5. The molecule has 1 aliphatic heterocycles. The van der Waals surface area contributed by atoms with Crippen molar-refractivity contribution in [1.29, 1.82) is 0 Å². The van der Waals surface area contributed by atoms with Crippen LogP contribution in [0.2, 0.25) is 0 Å². The Labute approximate surface area is 145 Å². The molecule has 1 fully saturated rings. The van der Waals surface area contributed by atoms with Gasteiger partial charge in [-0.25, -0.2) is 9.78 Å². The van der Waals surface area contributed by atoms with Crippen molar-refractivity contribution in [2.75, 3.05) is 6.61 Å². The third-order valence-corrected chi connectivity index (χ3v) is 5.21. The molecule has 26 heavy (non-hydrogen) atoms. The number of hydrogen-bond acceptors (Lipinski definition) is 8. The molecule has 5 N–H and O–H groups in total. The molecule has 2 aromatic rings. The van der Waals surface area contributed by atoms with Gasteiger partial charge in [-0.3, -0.25) is 18.9 Å². The summed E-state index contributed by atoms with van der Waals surface area (Å²) >= 11 is 0. The van der Waals surface area contributed by atoms with Gasteiger partial charge in [0.1, 0.15) is 29.6 Å². The van der Waals surface area contributed by atoms with E-state index in [0.29, 0.717) is 5.82 Å². The van der Waals surface area contributed by atoms with E-state index in [1.54, 1.807) is 6.92 Å². The maximum atomic E-state index is 12.2. The summed E-state index contributed by atoms with van der Waals surface area (Å²) in [5.41, 5.74) is -1.59. The quantitative estimate of drug-likeness (QED) is 0.353. The van der Waals surface area contributed by atoms with Gasteiger partial charge in [0.05, 0.1) is 12.8 Å². The van der Waals surface area contributed by atoms with Crippen LogP contribution in [0.5, 0.6) is 0 Å². The summed E-state index contributed by atoms with van der Waals surface area (Å²) < 4.78 is 23.4. The Morgan fingerprint density at radius 3 is 2.69 bits per heavy atom. The van der Waals surface area contributed by atoms with Crippen molar-refractivity contribution in [2.45, 2.75) is 31.5 Å². The molecule has 1 aliphatic rings. The van der Waals surface area contributed by atoms with E-state index in [9.17, 15) is 29.3 Å². The second-order valence-electron chi connectivity index (χ2n) is 5.73. The second kappa shape index (κ2) is 6.91. The predicted octanol–water partition coefficient (Wildman–Crippen LogP) is -2.29. The lowest BCUT2D eigenvalue weighted by Crippen LogP contribution is -2.37. The zero-order chi connectivity index (χ0) is 19.1. The Hall–Kier alpha value is -2.08. The monoisotopic (exact) mass is 388 g/mol. The van der Waals surface area contributed by atoms with Crippen LogP contribution in [-0.4, -0.2) is 59.5 Å². The van der Waals surface area contributed by atoms with E-state index in [0.717, 1.165) is 23.0 Å². The maximum Gasteiger partial charge on any atom is 0.376 e. The maximum absolute atomic E-state index is 12.2. The summed E-state index contributed by atoms with van der Waals surface area (Å²) in [4.78, 5) is 41.2. The lowest BCUT2D eigenvalue weighted by molar-refractivity contribution is -0.0522. The summed E-state index contributed by atoms with van der Waals surface area (Å²) in [5.74, 6) is 0.419. The van der Waals surface area contributed by atoms with Crippen LogP contribution in [0.3, 0.4) is 0 Å². The number of aryl methyl sites for hydroxylation is 1. The highest BCUT2D eigenvalue weighted by molar-refractivity contribution is 7.60. The molecule has 2 aromatic heterocycles. The SMILES string of the molecule is Cc1ncc(P(=O)(O)OC[C@H]2O[C@@H](n3ccc(=O)[nH]c3=O)[C@H](O)[C@@H]2O)[nH]1. The highest BCUT2D eigenvalue weighted by atomic mass is 31.2. The van der Waals surface area contributed by atoms with Crippen molar-refractivity contribution in [1.82, 2.24) is 19.5 Å². The van der Waals surface area contributed by atoms with Crippen molar-refractivity contribution in [2.24, 2.45) is 0 Å². The number of aromatic nitrogens is 4. The first kappa shape index (κ1) is 18.7. The second-order valence-corrected chi connectivity index (χ2v) is 7.51. The predicted molar refractivity (Wildman–Crippen MR) is 86.0 cm³/mol. The zero-order valence-corrected chi connectivity index (χ0v) is 14.4. The fraction of sp³-hybridized carbons (Fsp3) is 0.462. The van der Waals surface area contributed by atoms with Gasteiger partial charge in [-0.05, 0) is 6.92 Å². The molecule has 3 heterocycles. The summed E-state index contributed by atoms with van der Waals surface area (Å²) in [7, 11) is -4.24. The molecule has 1 unspecified atom stereocenters. The van der Waals surface area contributed by atoms with Crippen LogP contribution in [0.25, 0.3) is 0 Å². The van der Waals surface area contributed by atoms with Gasteiger partial charge < -0.3 is 29.4 Å². The van der Waals surface area contributed by atoms with Crippen LogP contribution in [0.1, 0.15) is 12.1 Å². The van der Waals surface area contributed by atoms with Gasteiger partial charge in [0, 0.05) is 12.3 Å². The molecule has 1 saturated heterocycles. The fourth-order valence-electron chi connectivity index (χ4n) is 2.52. The lowest BCUT2D eigenvalue weighted by Gasteiger charge is -2.17. The van der Waals surface area contributed by atoms with Gasteiger partial charge in [-0.1, -0.05) is 0 Å². The van der Waals surface area contributed by atoms with Crippen LogP contribution < -0.4 is 16.7 Å². The third kappa shape index (κ3) is 3.56. The molecule has 0 spiro atoms. The van der Waals surface area contributed by atoms with E-state index in [1.165, 1.54) is 0 Å². The number of aliphatic hydroxyl groups excluding tert-OH is 2. The number of aromatic amines is 2. The average molecular weight is 388 g/mol. The Balaban J connectivity index is 1.73. The molecule has 12 nitrogen and oxygen atoms in total. The summed E-state index contributed by atoms with van der Waals surface area (Å²) in [6.07, 6.45) is -3.22. The Kier molecular flexibility index (Phi) is 4.97. The molecule has 0 amide bonds. The molecule has 3 rings (SSSR count). The number of nitrogens with zero attached hydrogens (tertiary/aromatic N) is 2. The Bertz CT molecular complexity index is 952.